The van der Waals surface area contributed by atoms with Crippen LogP contribution in [0.5, 0.6) is 0 Å². The van der Waals surface area contributed by atoms with Gasteiger partial charge in [-0.3, -0.25) is 4.79 Å². The fourth-order valence-corrected chi connectivity index (χ4v) is 3.10. The van der Waals surface area contributed by atoms with Crippen molar-refractivity contribution in [3.8, 4) is 0 Å². The number of halogens is 1. The van der Waals surface area contributed by atoms with E-state index in [4.69, 9.17) is 11.6 Å². The number of nitrogens with one attached hydrogen (secondary N) is 2. The van der Waals surface area contributed by atoms with Crippen molar-refractivity contribution in [3.05, 3.63) is 50.4 Å². The number of pyridine rings is 1. The lowest BCUT2D eigenvalue weighted by atomic mass is 9.91. The number of fused-ring (bicyclic) bond motifs is 3. The lowest BCUT2D eigenvalue weighted by Crippen LogP contribution is -2.20. The van der Waals surface area contributed by atoms with Crippen LogP contribution in [0.1, 0.15) is 31.4 Å². The molecule has 0 radical (unpaired) electrons. The van der Waals surface area contributed by atoms with Gasteiger partial charge in [-0.1, -0.05) is 24.6 Å². The van der Waals surface area contributed by atoms with Crippen molar-refractivity contribution in [3.63, 3.8) is 0 Å². The molecule has 2 N–H and O–H groups in total. The van der Waals surface area contributed by atoms with E-state index in [0.29, 0.717) is 5.02 Å². The summed E-state index contributed by atoms with van der Waals surface area (Å²) in [5.41, 5.74) is 5.47. The maximum Gasteiger partial charge on any atom is 0.249 e. The number of hydrogen-bond acceptors (Lipinski definition) is 2. The Bertz CT molecular complexity index is 759. The highest BCUT2D eigenvalue weighted by Crippen LogP contribution is 2.35. The van der Waals surface area contributed by atoms with Gasteiger partial charge in [-0.15, -0.1) is 0 Å². The van der Waals surface area contributed by atoms with Crippen LogP contribution in [-0.2, 0) is 6.54 Å². The summed E-state index contributed by atoms with van der Waals surface area (Å²) in [6.07, 6.45) is 0.961. The third-order valence-electron chi connectivity index (χ3n) is 3.72. The van der Waals surface area contributed by atoms with Crippen LogP contribution in [0, 0.1) is 0 Å². The van der Waals surface area contributed by atoms with Gasteiger partial charge in [0.2, 0.25) is 5.56 Å². The molecule has 0 saturated carbocycles. The van der Waals surface area contributed by atoms with Crippen LogP contribution in [0.3, 0.4) is 0 Å². The Labute approximate surface area is 116 Å². The molecule has 0 aliphatic carbocycles. The molecule has 4 heteroatoms. The fourth-order valence-electron chi connectivity index (χ4n) is 2.81. The summed E-state index contributed by atoms with van der Waals surface area (Å²) in [4.78, 5) is 14.4. The Morgan fingerprint density at radius 3 is 2.89 bits per heavy atom. The zero-order valence-electron chi connectivity index (χ0n) is 10.9. The van der Waals surface area contributed by atoms with Crippen molar-refractivity contribution >= 4 is 28.1 Å². The lowest BCUT2D eigenvalue weighted by Gasteiger charge is -2.24. The van der Waals surface area contributed by atoms with Crippen LogP contribution in [0.4, 0.5) is 0 Å². The van der Waals surface area contributed by atoms with E-state index in [2.05, 4.69) is 24.1 Å². The van der Waals surface area contributed by atoms with E-state index >= 15 is 0 Å². The summed E-state index contributed by atoms with van der Waals surface area (Å²) < 4.78 is 0. The van der Waals surface area contributed by atoms with Crippen LogP contribution in [0.25, 0.3) is 16.5 Å². The second-order valence-electron chi connectivity index (χ2n) is 4.81. The van der Waals surface area contributed by atoms with Gasteiger partial charge >= 0.3 is 0 Å². The minimum absolute atomic E-state index is 0.163. The van der Waals surface area contributed by atoms with Gasteiger partial charge in [-0.2, -0.15) is 0 Å². The molecular weight excluding hydrogens is 260 g/mol. The largest absolute Gasteiger partial charge is 0.384 e. The molecule has 98 valence electrons. The lowest BCUT2D eigenvalue weighted by molar-refractivity contribution is 0.758. The summed E-state index contributed by atoms with van der Waals surface area (Å²) in [6.45, 7) is 5.04. The Morgan fingerprint density at radius 2 is 2.16 bits per heavy atom. The Hall–Kier alpha value is -1.74. The van der Waals surface area contributed by atoms with E-state index in [-0.39, 0.29) is 5.56 Å². The quantitative estimate of drug-likeness (QED) is 0.837. The number of allylic oxidation sites excluding steroid dienone is 2. The molecule has 2 aromatic rings. The van der Waals surface area contributed by atoms with Gasteiger partial charge < -0.3 is 10.3 Å². The summed E-state index contributed by atoms with van der Waals surface area (Å²) in [5.74, 6) is 0. The molecule has 19 heavy (non-hydrogen) atoms. The molecule has 1 aliphatic heterocycles. The highest BCUT2D eigenvalue weighted by atomic mass is 35.5. The molecule has 1 aliphatic rings. The minimum Gasteiger partial charge on any atom is -0.384 e. The molecule has 2 heterocycles. The second-order valence-corrected chi connectivity index (χ2v) is 5.22. The maximum atomic E-state index is 11.5. The first-order chi connectivity index (χ1) is 9.11. The molecule has 0 saturated heterocycles. The number of aromatic amines is 1. The number of rotatable bonds is 1. The maximum absolute atomic E-state index is 11.5. The predicted molar refractivity (Wildman–Crippen MR) is 79.3 cm³/mol. The molecule has 3 rings (SSSR count). The van der Waals surface area contributed by atoms with E-state index in [1.54, 1.807) is 0 Å². The summed E-state index contributed by atoms with van der Waals surface area (Å²) >= 11 is 6.29. The highest BCUT2D eigenvalue weighted by Gasteiger charge is 2.19. The summed E-state index contributed by atoms with van der Waals surface area (Å²) in [6, 6.07) is 5.42. The van der Waals surface area contributed by atoms with Gasteiger partial charge in [0.25, 0.3) is 0 Å². The van der Waals surface area contributed by atoms with Crippen molar-refractivity contribution in [2.45, 2.75) is 26.8 Å². The molecule has 0 fully saturated rings. The van der Waals surface area contributed by atoms with Gasteiger partial charge in [0, 0.05) is 23.7 Å². The number of hydrogen-bond donors (Lipinski definition) is 2. The van der Waals surface area contributed by atoms with Crippen LogP contribution in [0.15, 0.2) is 28.7 Å². The first-order valence-electron chi connectivity index (χ1n) is 6.40. The molecule has 0 atom stereocenters. The molecular formula is C15H15ClN2O. The Morgan fingerprint density at radius 1 is 1.37 bits per heavy atom. The van der Waals surface area contributed by atoms with E-state index in [1.165, 1.54) is 22.9 Å². The average molecular weight is 275 g/mol. The van der Waals surface area contributed by atoms with Gasteiger partial charge in [-0.05, 0) is 36.1 Å². The fraction of sp³-hybridized carbons (Fsp3) is 0.267. The Balaban J connectivity index is 2.45. The number of benzene rings is 1. The van der Waals surface area contributed by atoms with Gasteiger partial charge in [0.1, 0.15) is 0 Å². The van der Waals surface area contributed by atoms with E-state index in [1.807, 2.05) is 12.1 Å². The zero-order chi connectivity index (χ0) is 13.6. The van der Waals surface area contributed by atoms with Crippen molar-refractivity contribution in [2.75, 3.05) is 0 Å². The summed E-state index contributed by atoms with van der Waals surface area (Å²) in [5, 5.41) is 4.90. The van der Waals surface area contributed by atoms with Crippen molar-refractivity contribution in [1.29, 1.82) is 0 Å². The minimum atomic E-state index is -0.163. The van der Waals surface area contributed by atoms with Crippen LogP contribution < -0.4 is 10.9 Å². The highest BCUT2D eigenvalue weighted by molar-refractivity contribution is 6.36. The van der Waals surface area contributed by atoms with E-state index in [0.717, 1.165) is 29.4 Å². The van der Waals surface area contributed by atoms with Crippen LogP contribution >= 0.6 is 11.6 Å². The smallest absolute Gasteiger partial charge is 0.249 e. The molecule has 1 aromatic carbocycles. The molecule has 3 nitrogen and oxygen atoms in total. The van der Waals surface area contributed by atoms with Crippen LogP contribution in [-0.4, -0.2) is 4.98 Å². The zero-order valence-corrected chi connectivity index (χ0v) is 11.7. The van der Waals surface area contributed by atoms with Gasteiger partial charge in [0.05, 0.1) is 10.5 Å². The summed E-state index contributed by atoms with van der Waals surface area (Å²) in [7, 11) is 0. The SMILES string of the molecule is CCC1=C(C)c2c(ccc3[nH]c(=O)cc(Cl)c23)CN1. The second kappa shape index (κ2) is 4.42. The van der Waals surface area contributed by atoms with Crippen molar-refractivity contribution in [2.24, 2.45) is 0 Å². The standard InChI is InChI=1S/C15H15ClN2O/c1-3-11-8(2)14-9(7-17-11)4-5-12-15(14)10(16)6-13(19)18-12/h4-6,17H,3,7H2,1-2H3,(H,18,19). The molecule has 0 bridgehead atoms. The van der Waals surface area contributed by atoms with Crippen molar-refractivity contribution < 1.29 is 0 Å². The molecule has 0 spiro atoms. The molecule has 1 aromatic heterocycles. The predicted octanol–water partition coefficient (Wildman–Crippen LogP) is 3.43. The monoisotopic (exact) mass is 274 g/mol. The topological polar surface area (TPSA) is 44.9 Å². The van der Waals surface area contributed by atoms with Gasteiger partial charge in [-0.25, -0.2) is 0 Å². The van der Waals surface area contributed by atoms with E-state index < -0.39 is 0 Å². The van der Waals surface area contributed by atoms with E-state index in [9.17, 15) is 4.79 Å². The molecule has 0 unspecified atom stereocenters. The van der Waals surface area contributed by atoms with Crippen molar-refractivity contribution in [1.82, 2.24) is 10.3 Å². The number of H-pyrrole nitrogens is 1. The van der Waals surface area contributed by atoms with Gasteiger partial charge in [0.15, 0.2) is 0 Å². The number of aromatic nitrogens is 1. The first-order valence-corrected chi connectivity index (χ1v) is 6.78. The average Bonchev–Trinajstić information content (AvgIpc) is 2.38. The van der Waals surface area contributed by atoms with Crippen LogP contribution in [0.2, 0.25) is 5.02 Å². The normalized spacial score (nSPS) is 14.5. The first kappa shape index (κ1) is 12.3. The third kappa shape index (κ3) is 1.85. The molecule has 0 amide bonds. The Kier molecular flexibility index (Phi) is 2.86. The third-order valence-corrected chi connectivity index (χ3v) is 4.02.